The quantitative estimate of drug-likeness (QED) is 0.568. The molecule has 8 nitrogen and oxygen atoms in total. The van der Waals surface area contributed by atoms with E-state index in [1.165, 1.54) is 36.4 Å². The van der Waals surface area contributed by atoms with Crippen molar-refractivity contribution in [1.29, 1.82) is 0 Å². The number of nitrogens with one attached hydrogen (secondary N) is 1. The zero-order chi connectivity index (χ0) is 19.4. The van der Waals surface area contributed by atoms with E-state index in [2.05, 4.69) is 4.72 Å². The van der Waals surface area contributed by atoms with Crippen LogP contribution in [-0.2, 0) is 33.5 Å². The molecule has 1 heterocycles. The molecular formula is C17H17FN2O6S. The molecule has 1 aliphatic rings. The molecule has 0 bridgehead atoms. The summed E-state index contributed by atoms with van der Waals surface area (Å²) in [7, 11) is -3.65. The number of nitro benzene ring substituents is 1. The van der Waals surface area contributed by atoms with Crippen molar-refractivity contribution in [3.63, 3.8) is 0 Å². The van der Waals surface area contributed by atoms with Crippen LogP contribution in [-0.4, -0.2) is 26.7 Å². The van der Waals surface area contributed by atoms with Gasteiger partial charge in [0.05, 0.1) is 17.3 Å². The van der Waals surface area contributed by atoms with Crippen molar-refractivity contribution in [2.75, 3.05) is 13.3 Å². The van der Waals surface area contributed by atoms with Gasteiger partial charge in [0.1, 0.15) is 11.6 Å². The first kappa shape index (κ1) is 19.2. The summed E-state index contributed by atoms with van der Waals surface area (Å²) in [5.74, 6) is -0.222. The number of rotatable bonds is 7. The minimum Gasteiger partial charge on any atom is -0.467 e. The molecule has 0 saturated heterocycles. The summed E-state index contributed by atoms with van der Waals surface area (Å²) < 4.78 is 51.0. The molecule has 10 heteroatoms. The molecule has 27 heavy (non-hydrogen) atoms. The molecule has 144 valence electrons. The second-order valence-electron chi connectivity index (χ2n) is 5.99. The molecule has 0 radical (unpaired) electrons. The van der Waals surface area contributed by atoms with E-state index < -0.39 is 20.8 Å². The molecule has 0 saturated carbocycles. The number of ether oxygens (including phenoxy) is 2. The normalized spacial score (nSPS) is 13.7. The summed E-state index contributed by atoms with van der Waals surface area (Å²) in [4.78, 5) is 10.1. The molecule has 0 aliphatic carbocycles. The van der Waals surface area contributed by atoms with Crippen LogP contribution in [0.25, 0.3) is 0 Å². The van der Waals surface area contributed by atoms with E-state index in [-0.39, 0.29) is 37.8 Å². The molecule has 3 rings (SSSR count). The molecule has 0 amide bonds. The predicted molar refractivity (Wildman–Crippen MR) is 94.1 cm³/mol. The molecule has 1 N–H and O–H groups in total. The highest BCUT2D eigenvalue weighted by atomic mass is 32.2. The molecule has 0 spiro atoms. The first-order valence-electron chi connectivity index (χ1n) is 8.06. The number of benzene rings is 2. The fraction of sp³-hybridized carbons (Fsp3) is 0.294. The summed E-state index contributed by atoms with van der Waals surface area (Å²) in [6, 6.07) is 7.94. The Kier molecular flexibility index (Phi) is 5.68. The number of non-ortho nitro benzene ring substituents is 1. The van der Waals surface area contributed by atoms with Crippen LogP contribution < -0.4 is 9.46 Å². The van der Waals surface area contributed by atoms with Crippen LogP contribution >= 0.6 is 0 Å². The second kappa shape index (κ2) is 7.99. The molecule has 0 atom stereocenters. The summed E-state index contributed by atoms with van der Waals surface area (Å²) in [6.07, 6.45) is 0.250. The van der Waals surface area contributed by atoms with Gasteiger partial charge in [0.25, 0.3) is 5.69 Å². The van der Waals surface area contributed by atoms with Gasteiger partial charge in [-0.25, -0.2) is 17.5 Å². The van der Waals surface area contributed by atoms with Crippen LogP contribution in [0.1, 0.15) is 16.7 Å². The van der Waals surface area contributed by atoms with Gasteiger partial charge < -0.3 is 9.47 Å². The van der Waals surface area contributed by atoms with E-state index in [9.17, 15) is 22.9 Å². The van der Waals surface area contributed by atoms with Gasteiger partial charge in [-0.1, -0.05) is 12.1 Å². The fourth-order valence-electron chi connectivity index (χ4n) is 2.77. The molecule has 1 aliphatic heterocycles. The number of fused-ring (bicyclic) bond motifs is 1. The van der Waals surface area contributed by atoms with Gasteiger partial charge in [-0.15, -0.1) is 0 Å². The lowest BCUT2D eigenvalue weighted by molar-refractivity contribution is -0.384. The molecular weight excluding hydrogens is 379 g/mol. The van der Waals surface area contributed by atoms with Crippen LogP contribution in [0.2, 0.25) is 0 Å². The molecule has 0 aromatic heterocycles. The van der Waals surface area contributed by atoms with Gasteiger partial charge in [-0.05, 0) is 29.7 Å². The van der Waals surface area contributed by atoms with Gasteiger partial charge in [-0.3, -0.25) is 10.1 Å². The maximum absolute atomic E-state index is 13.7. The highest BCUT2D eigenvalue weighted by molar-refractivity contribution is 7.88. The van der Waals surface area contributed by atoms with Gasteiger partial charge in [0.15, 0.2) is 6.79 Å². The van der Waals surface area contributed by atoms with E-state index in [0.29, 0.717) is 22.4 Å². The summed E-state index contributed by atoms with van der Waals surface area (Å²) >= 11 is 0. The lowest BCUT2D eigenvalue weighted by atomic mass is 10.1. The first-order valence-corrected chi connectivity index (χ1v) is 9.72. The van der Waals surface area contributed by atoms with Gasteiger partial charge in [-0.2, -0.15) is 0 Å². The fourth-order valence-corrected chi connectivity index (χ4v) is 3.91. The topological polar surface area (TPSA) is 108 Å². The van der Waals surface area contributed by atoms with Gasteiger partial charge >= 0.3 is 0 Å². The van der Waals surface area contributed by atoms with Gasteiger partial charge in [0, 0.05) is 24.2 Å². The minimum atomic E-state index is -3.65. The Morgan fingerprint density at radius 3 is 2.67 bits per heavy atom. The number of nitrogens with zero attached hydrogens (tertiary/aromatic N) is 1. The van der Waals surface area contributed by atoms with Crippen molar-refractivity contribution in [2.45, 2.75) is 18.8 Å². The average molecular weight is 396 g/mol. The highest BCUT2D eigenvalue weighted by Gasteiger charge is 2.18. The highest BCUT2D eigenvalue weighted by Crippen LogP contribution is 2.29. The van der Waals surface area contributed by atoms with Crippen molar-refractivity contribution >= 4 is 15.7 Å². The minimum absolute atomic E-state index is 0.0649. The van der Waals surface area contributed by atoms with E-state index in [0.717, 1.165) is 0 Å². The summed E-state index contributed by atoms with van der Waals surface area (Å²) in [5, 5.41) is 10.6. The largest absolute Gasteiger partial charge is 0.467 e. The van der Waals surface area contributed by atoms with Crippen LogP contribution in [0.4, 0.5) is 10.1 Å². The van der Waals surface area contributed by atoms with Crippen LogP contribution in [0, 0.1) is 15.9 Å². The predicted octanol–water partition coefficient (Wildman–Crippen LogP) is 2.26. The maximum atomic E-state index is 13.7. The SMILES string of the molecule is O=[N+]([O-])c1ccc(CS(=O)(=O)NCCc2cc(F)cc3c2OCOC3)cc1. The molecule has 2 aromatic carbocycles. The zero-order valence-corrected chi connectivity index (χ0v) is 15.0. The Morgan fingerprint density at radius 1 is 1.22 bits per heavy atom. The Labute approximate surface area is 155 Å². The summed E-state index contributed by atoms with van der Waals surface area (Å²) in [5.41, 5.74) is 1.47. The smallest absolute Gasteiger partial charge is 0.269 e. The Morgan fingerprint density at radius 2 is 1.96 bits per heavy atom. The maximum Gasteiger partial charge on any atom is 0.269 e. The van der Waals surface area contributed by atoms with Crippen molar-refractivity contribution in [2.24, 2.45) is 0 Å². The summed E-state index contributed by atoms with van der Waals surface area (Å²) in [6.45, 7) is 0.374. The number of nitro groups is 1. The van der Waals surface area contributed by atoms with Crippen molar-refractivity contribution in [3.8, 4) is 5.75 Å². The second-order valence-corrected chi connectivity index (χ2v) is 7.80. The number of hydrogen-bond acceptors (Lipinski definition) is 6. The third-order valence-corrected chi connectivity index (χ3v) is 5.33. The van der Waals surface area contributed by atoms with Crippen LogP contribution in [0.3, 0.4) is 0 Å². The number of halogens is 1. The first-order chi connectivity index (χ1) is 12.8. The standard InChI is InChI=1S/C17H17FN2O6S/c18-15-7-13(17-14(8-15)9-25-11-26-17)5-6-19-27(23,24)10-12-1-3-16(4-2-12)20(21)22/h1-4,7-8,19H,5-6,9-11H2. The zero-order valence-electron chi connectivity index (χ0n) is 14.2. The van der Waals surface area contributed by atoms with Crippen LogP contribution in [0.5, 0.6) is 5.75 Å². The van der Waals surface area contributed by atoms with Crippen molar-refractivity contribution in [1.82, 2.24) is 4.72 Å². The lowest BCUT2D eigenvalue weighted by Gasteiger charge is -2.21. The van der Waals surface area contributed by atoms with E-state index in [1.807, 2.05) is 0 Å². The number of hydrogen-bond donors (Lipinski definition) is 1. The van der Waals surface area contributed by atoms with E-state index >= 15 is 0 Å². The van der Waals surface area contributed by atoms with Crippen molar-refractivity contribution in [3.05, 3.63) is 69.0 Å². The third-order valence-electron chi connectivity index (χ3n) is 3.97. The third kappa shape index (κ3) is 5.00. The van der Waals surface area contributed by atoms with Crippen molar-refractivity contribution < 1.29 is 27.2 Å². The van der Waals surface area contributed by atoms with E-state index in [1.54, 1.807) is 0 Å². The van der Waals surface area contributed by atoms with Crippen LogP contribution in [0.15, 0.2) is 36.4 Å². The van der Waals surface area contributed by atoms with E-state index in [4.69, 9.17) is 9.47 Å². The Hall–Kier alpha value is -2.56. The lowest BCUT2D eigenvalue weighted by Crippen LogP contribution is -2.27. The molecule has 0 unspecified atom stereocenters. The monoisotopic (exact) mass is 396 g/mol. The average Bonchev–Trinajstić information content (AvgIpc) is 2.61. The van der Waals surface area contributed by atoms with Gasteiger partial charge in [0.2, 0.25) is 10.0 Å². The molecule has 0 fully saturated rings. The molecule has 2 aromatic rings. The number of sulfonamides is 1. The Bertz CT molecular complexity index is 947. The Balaban J connectivity index is 1.61.